The summed E-state index contributed by atoms with van der Waals surface area (Å²) < 4.78 is 25.5. The summed E-state index contributed by atoms with van der Waals surface area (Å²) in [4.78, 5) is 12.4. The molecule has 0 fully saturated rings. The topological polar surface area (TPSA) is 66.5 Å². The molecule has 1 atom stereocenters. The summed E-state index contributed by atoms with van der Waals surface area (Å²) in [5.41, 5.74) is 2.24. The quantitative estimate of drug-likeness (QED) is 0.832. The van der Waals surface area contributed by atoms with Gasteiger partial charge in [-0.1, -0.05) is 41.9 Å². The minimum atomic E-state index is -3.57. The summed E-state index contributed by atoms with van der Waals surface area (Å²) in [5, 5.41) is 3.32. The van der Waals surface area contributed by atoms with Gasteiger partial charge in [0.25, 0.3) is 0 Å². The van der Waals surface area contributed by atoms with Crippen molar-refractivity contribution < 1.29 is 13.2 Å². The minimum absolute atomic E-state index is 0.267. The number of amides is 1. The Kier molecular flexibility index (Phi) is 6.21. The molecule has 0 heterocycles. The molecule has 1 N–H and O–H groups in total. The SMILES string of the molecule is Cc1cc(Cl)ccc1NC(=O)CN(C(C)c1ccccc1)S(C)(=O)=O. The van der Waals surface area contributed by atoms with Crippen molar-refractivity contribution in [3.05, 3.63) is 64.7 Å². The highest BCUT2D eigenvalue weighted by Crippen LogP contribution is 2.23. The average molecular weight is 381 g/mol. The Bertz CT molecular complexity index is 854. The van der Waals surface area contributed by atoms with Crippen LogP contribution in [0.4, 0.5) is 5.69 Å². The van der Waals surface area contributed by atoms with E-state index < -0.39 is 22.0 Å². The lowest BCUT2D eigenvalue weighted by molar-refractivity contribution is -0.116. The molecule has 0 aliphatic heterocycles. The highest BCUT2D eigenvalue weighted by molar-refractivity contribution is 7.88. The highest BCUT2D eigenvalue weighted by atomic mass is 35.5. The van der Waals surface area contributed by atoms with Crippen molar-refractivity contribution >= 4 is 33.2 Å². The van der Waals surface area contributed by atoms with Crippen LogP contribution in [0.1, 0.15) is 24.1 Å². The third kappa shape index (κ3) is 5.29. The molecule has 0 bridgehead atoms. The lowest BCUT2D eigenvalue weighted by Crippen LogP contribution is -2.39. The first-order valence-corrected chi connectivity index (χ1v) is 9.99. The van der Waals surface area contributed by atoms with E-state index in [1.54, 1.807) is 25.1 Å². The number of benzene rings is 2. The monoisotopic (exact) mass is 380 g/mol. The van der Waals surface area contributed by atoms with E-state index in [0.717, 1.165) is 17.4 Å². The molecule has 1 amide bonds. The number of hydrogen-bond acceptors (Lipinski definition) is 3. The first-order chi connectivity index (χ1) is 11.7. The van der Waals surface area contributed by atoms with Crippen LogP contribution in [0.5, 0.6) is 0 Å². The Morgan fingerprint density at radius 2 is 1.84 bits per heavy atom. The summed E-state index contributed by atoms with van der Waals surface area (Å²) in [7, 11) is -3.57. The highest BCUT2D eigenvalue weighted by Gasteiger charge is 2.27. The van der Waals surface area contributed by atoms with Gasteiger partial charge in [-0.15, -0.1) is 0 Å². The van der Waals surface area contributed by atoms with E-state index in [1.807, 2.05) is 37.3 Å². The molecule has 2 rings (SSSR count). The van der Waals surface area contributed by atoms with Crippen molar-refractivity contribution in [3.8, 4) is 0 Å². The summed E-state index contributed by atoms with van der Waals surface area (Å²) in [5.74, 6) is -0.404. The van der Waals surface area contributed by atoms with Crippen LogP contribution in [0.2, 0.25) is 5.02 Å². The second kappa shape index (κ2) is 7.99. The van der Waals surface area contributed by atoms with Crippen molar-refractivity contribution in [2.75, 3.05) is 18.1 Å². The third-order valence-corrected chi connectivity index (χ3v) is 5.43. The van der Waals surface area contributed by atoms with Gasteiger partial charge in [-0.05, 0) is 43.2 Å². The Morgan fingerprint density at radius 1 is 1.20 bits per heavy atom. The fourth-order valence-corrected chi connectivity index (χ4v) is 3.81. The molecule has 1 unspecified atom stereocenters. The third-order valence-electron chi connectivity index (χ3n) is 3.90. The minimum Gasteiger partial charge on any atom is -0.325 e. The van der Waals surface area contributed by atoms with Crippen LogP contribution in [0.25, 0.3) is 0 Å². The van der Waals surface area contributed by atoms with Crippen molar-refractivity contribution in [2.45, 2.75) is 19.9 Å². The Hall–Kier alpha value is -1.89. The number of aryl methyl sites for hydroxylation is 1. The molecule has 0 saturated carbocycles. The molecule has 7 heteroatoms. The maximum atomic E-state index is 12.4. The van der Waals surface area contributed by atoms with Gasteiger partial charge in [-0.3, -0.25) is 4.79 Å². The van der Waals surface area contributed by atoms with Crippen LogP contribution < -0.4 is 5.32 Å². The number of carbonyl (C=O) groups excluding carboxylic acids is 1. The van der Waals surface area contributed by atoms with Crippen molar-refractivity contribution in [1.82, 2.24) is 4.31 Å². The molecule has 2 aromatic rings. The van der Waals surface area contributed by atoms with E-state index in [4.69, 9.17) is 11.6 Å². The molecular formula is C18H21ClN2O3S. The van der Waals surface area contributed by atoms with E-state index in [0.29, 0.717) is 10.7 Å². The number of anilines is 1. The van der Waals surface area contributed by atoms with Gasteiger partial charge in [0.1, 0.15) is 0 Å². The summed E-state index contributed by atoms with van der Waals surface area (Å²) in [6, 6.07) is 13.9. The van der Waals surface area contributed by atoms with Gasteiger partial charge in [0.05, 0.1) is 12.8 Å². The largest absolute Gasteiger partial charge is 0.325 e. The summed E-state index contributed by atoms with van der Waals surface area (Å²) >= 11 is 5.91. The van der Waals surface area contributed by atoms with Gasteiger partial charge in [0.2, 0.25) is 15.9 Å². The molecule has 0 aliphatic rings. The van der Waals surface area contributed by atoms with Gasteiger partial charge < -0.3 is 5.32 Å². The average Bonchev–Trinajstić information content (AvgIpc) is 2.54. The van der Waals surface area contributed by atoms with E-state index in [2.05, 4.69) is 5.32 Å². The van der Waals surface area contributed by atoms with Gasteiger partial charge in [-0.2, -0.15) is 4.31 Å². The normalized spacial score (nSPS) is 12.8. The fraction of sp³-hybridized carbons (Fsp3) is 0.278. The van der Waals surface area contributed by atoms with Crippen LogP contribution in [-0.4, -0.2) is 31.4 Å². The van der Waals surface area contributed by atoms with Gasteiger partial charge in [0, 0.05) is 16.8 Å². The predicted octanol–water partition coefficient (Wildman–Crippen LogP) is 3.61. The van der Waals surface area contributed by atoms with Gasteiger partial charge in [-0.25, -0.2) is 8.42 Å². The number of sulfonamides is 1. The van der Waals surface area contributed by atoms with Crippen molar-refractivity contribution in [2.24, 2.45) is 0 Å². The van der Waals surface area contributed by atoms with Crippen LogP contribution in [0.15, 0.2) is 48.5 Å². The van der Waals surface area contributed by atoms with E-state index >= 15 is 0 Å². The second-order valence-electron chi connectivity index (χ2n) is 5.90. The summed E-state index contributed by atoms with van der Waals surface area (Å²) in [6.07, 6.45) is 1.10. The molecule has 2 aromatic carbocycles. The molecule has 25 heavy (non-hydrogen) atoms. The molecular weight excluding hydrogens is 360 g/mol. The Morgan fingerprint density at radius 3 is 2.40 bits per heavy atom. The van der Waals surface area contributed by atoms with Crippen LogP contribution in [-0.2, 0) is 14.8 Å². The second-order valence-corrected chi connectivity index (χ2v) is 8.27. The number of hydrogen-bond donors (Lipinski definition) is 1. The van der Waals surface area contributed by atoms with Gasteiger partial charge in [0.15, 0.2) is 0 Å². The van der Waals surface area contributed by atoms with Gasteiger partial charge >= 0.3 is 0 Å². The molecule has 0 radical (unpaired) electrons. The fourth-order valence-electron chi connectivity index (χ4n) is 2.54. The van der Waals surface area contributed by atoms with Crippen LogP contribution in [0, 0.1) is 6.92 Å². The van der Waals surface area contributed by atoms with Crippen LogP contribution >= 0.6 is 11.6 Å². The first-order valence-electron chi connectivity index (χ1n) is 7.76. The molecule has 5 nitrogen and oxygen atoms in total. The molecule has 0 saturated heterocycles. The maximum absolute atomic E-state index is 12.4. The predicted molar refractivity (Wildman–Crippen MR) is 101 cm³/mol. The van der Waals surface area contributed by atoms with Crippen LogP contribution in [0.3, 0.4) is 0 Å². The maximum Gasteiger partial charge on any atom is 0.239 e. The lowest BCUT2D eigenvalue weighted by Gasteiger charge is -2.26. The zero-order chi connectivity index (χ0) is 18.6. The zero-order valence-electron chi connectivity index (χ0n) is 14.4. The number of nitrogens with one attached hydrogen (secondary N) is 1. The molecule has 0 spiro atoms. The van der Waals surface area contributed by atoms with E-state index in [-0.39, 0.29) is 6.54 Å². The standard InChI is InChI=1S/C18H21ClN2O3S/c1-13-11-16(19)9-10-17(13)20-18(22)12-21(25(3,23)24)14(2)15-7-5-4-6-8-15/h4-11,14H,12H2,1-3H3,(H,20,22). The number of carbonyl (C=O) groups is 1. The number of halogens is 1. The van der Waals surface area contributed by atoms with E-state index in [9.17, 15) is 13.2 Å². The first kappa shape index (κ1) is 19.4. The molecule has 134 valence electrons. The Balaban J connectivity index is 2.18. The smallest absolute Gasteiger partial charge is 0.239 e. The van der Waals surface area contributed by atoms with Crippen molar-refractivity contribution in [1.29, 1.82) is 0 Å². The van der Waals surface area contributed by atoms with Crippen molar-refractivity contribution in [3.63, 3.8) is 0 Å². The van der Waals surface area contributed by atoms with E-state index in [1.165, 1.54) is 4.31 Å². The number of rotatable bonds is 6. The summed E-state index contributed by atoms with van der Waals surface area (Å²) in [6.45, 7) is 3.32. The number of nitrogens with zero attached hydrogens (tertiary/aromatic N) is 1. The zero-order valence-corrected chi connectivity index (χ0v) is 15.9. The molecule has 0 aliphatic carbocycles. The lowest BCUT2D eigenvalue weighted by atomic mass is 10.1. The Labute approximate surface area is 153 Å². The molecule has 0 aromatic heterocycles.